The molecule has 1 aliphatic heterocycles. The number of anilines is 2. The zero-order valence-corrected chi connectivity index (χ0v) is 18.8. The molecule has 0 saturated carbocycles. The minimum Gasteiger partial charge on any atom is -0.454 e. The lowest BCUT2D eigenvalue weighted by Gasteiger charge is -2.09. The number of halogens is 1. The number of aromatic nitrogens is 4. The maximum Gasteiger partial charge on any atom is 0.231 e. The van der Waals surface area contributed by atoms with E-state index in [1.165, 1.54) is 12.1 Å². The smallest absolute Gasteiger partial charge is 0.231 e. The standard InChI is InChI=1S/C26H21FN6O2/c1-15-3-2-4-19(11-15)33-24(28)22-23(17-6-8-18(27)9-7-17)30-26(31-25(22)32-33)29-13-16-5-10-20-21(12-16)35-14-34-20/h2-12H,13-14,28H2,1H3,(H,29,31,32). The molecule has 0 unspecified atom stereocenters. The summed E-state index contributed by atoms with van der Waals surface area (Å²) in [5.74, 6) is 1.89. The second-order valence-corrected chi connectivity index (χ2v) is 8.28. The summed E-state index contributed by atoms with van der Waals surface area (Å²) in [4.78, 5) is 9.37. The summed E-state index contributed by atoms with van der Waals surface area (Å²) in [6.45, 7) is 2.68. The third-order valence-electron chi connectivity index (χ3n) is 5.82. The molecule has 5 aromatic rings. The third kappa shape index (κ3) is 3.86. The van der Waals surface area contributed by atoms with Crippen LogP contribution in [0.3, 0.4) is 0 Å². The Hall–Kier alpha value is -4.66. The molecule has 0 aliphatic carbocycles. The van der Waals surface area contributed by atoms with Crippen molar-refractivity contribution in [2.75, 3.05) is 17.8 Å². The van der Waals surface area contributed by atoms with Crippen LogP contribution in [-0.2, 0) is 6.54 Å². The van der Waals surface area contributed by atoms with E-state index in [2.05, 4.69) is 15.4 Å². The second kappa shape index (κ2) is 8.28. The predicted molar refractivity (Wildman–Crippen MR) is 131 cm³/mol. The van der Waals surface area contributed by atoms with Gasteiger partial charge in [-0.25, -0.2) is 14.1 Å². The monoisotopic (exact) mass is 468 g/mol. The lowest BCUT2D eigenvalue weighted by Crippen LogP contribution is -2.05. The Balaban J connectivity index is 1.43. The molecule has 0 spiro atoms. The number of nitrogens with zero attached hydrogens (tertiary/aromatic N) is 4. The number of aryl methyl sites for hydroxylation is 1. The van der Waals surface area contributed by atoms with Gasteiger partial charge in [0.15, 0.2) is 17.1 Å². The maximum absolute atomic E-state index is 13.6. The van der Waals surface area contributed by atoms with Crippen molar-refractivity contribution < 1.29 is 13.9 Å². The molecule has 6 rings (SSSR count). The average molecular weight is 468 g/mol. The number of fused-ring (bicyclic) bond motifs is 2. The van der Waals surface area contributed by atoms with Crippen LogP contribution in [0.1, 0.15) is 11.1 Å². The van der Waals surface area contributed by atoms with Crippen molar-refractivity contribution in [1.29, 1.82) is 0 Å². The number of nitrogen functional groups attached to an aromatic ring is 1. The second-order valence-electron chi connectivity index (χ2n) is 8.28. The van der Waals surface area contributed by atoms with E-state index in [1.54, 1.807) is 16.8 Å². The molecule has 174 valence electrons. The highest BCUT2D eigenvalue weighted by molar-refractivity contribution is 5.99. The molecular formula is C26H21FN6O2. The lowest BCUT2D eigenvalue weighted by atomic mass is 10.1. The van der Waals surface area contributed by atoms with Gasteiger partial charge in [0.2, 0.25) is 12.7 Å². The topological polar surface area (TPSA) is 100 Å². The quantitative estimate of drug-likeness (QED) is 0.380. The van der Waals surface area contributed by atoms with Crippen LogP contribution < -0.4 is 20.5 Å². The van der Waals surface area contributed by atoms with Crippen molar-refractivity contribution in [2.24, 2.45) is 0 Å². The van der Waals surface area contributed by atoms with Crippen molar-refractivity contribution in [3.05, 3.63) is 83.7 Å². The van der Waals surface area contributed by atoms with Gasteiger partial charge in [-0.3, -0.25) is 0 Å². The Labute approximate surface area is 200 Å². The fourth-order valence-electron chi connectivity index (χ4n) is 4.10. The molecule has 3 N–H and O–H groups in total. The number of nitrogens with two attached hydrogens (primary N) is 1. The highest BCUT2D eigenvalue weighted by Crippen LogP contribution is 2.34. The van der Waals surface area contributed by atoms with Crippen LogP contribution in [0, 0.1) is 12.7 Å². The first kappa shape index (κ1) is 20.9. The van der Waals surface area contributed by atoms with Gasteiger partial charge < -0.3 is 20.5 Å². The van der Waals surface area contributed by atoms with Crippen LogP contribution in [0.25, 0.3) is 28.0 Å². The van der Waals surface area contributed by atoms with Gasteiger partial charge in [0.05, 0.1) is 16.8 Å². The SMILES string of the molecule is Cc1cccc(-n2nc3nc(NCc4ccc5c(c4)OCO5)nc(-c4ccc(F)cc4)c3c2N)c1. The first-order valence-electron chi connectivity index (χ1n) is 11.1. The van der Waals surface area contributed by atoms with Gasteiger partial charge in [0.1, 0.15) is 11.6 Å². The van der Waals surface area contributed by atoms with E-state index < -0.39 is 0 Å². The van der Waals surface area contributed by atoms with Gasteiger partial charge in [0, 0.05) is 12.1 Å². The number of ether oxygens (including phenoxy) is 2. The van der Waals surface area contributed by atoms with E-state index in [4.69, 9.17) is 20.2 Å². The van der Waals surface area contributed by atoms with Crippen molar-refractivity contribution in [3.8, 4) is 28.4 Å². The summed E-state index contributed by atoms with van der Waals surface area (Å²) >= 11 is 0. The Morgan fingerprint density at radius 2 is 1.83 bits per heavy atom. The van der Waals surface area contributed by atoms with E-state index in [0.717, 1.165) is 22.6 Å². The summed E-state index contributed by atoms with van der Waals surface area (Å²) in [6, 6.07) is 19.7. The molecule has 0 saturated heterocycles. The normalized spacial score (nSPS) is 12.3. The number of hydrogen-bond donors (Lipinski definition) is 2. The number of benzene rings is 3. The molecule has 0 atom stereocenters. The molecule has 8 nitrogen and oxygen atoms in total. The van der Waals surface area contributed by atoms with Crippen molar-refractivity contribution in [3.63, 3.8) is 0 Å². The molecule has 9 heteroatoms. The largest absolute Gasteiger partial charge is 0.454 e. The minimum atomic E-state index is -0.330. The lowest BCUT2D eigenvalue weighted by molar-refractivity contribution is 0.174. The van der Waals surface area contributed by atoms with Gasteiger partial charge >= 0.3 is 0 Å². The Morgan fingerprint density at radius 3 is 2.66 bits per heavy atom. The molecule has 0 fully saturated rings. The molecule has 2 aromatic heterocycles. The van der Waals surface area contributed by atoms with Crippen LogP contribution in [0.15, 0.2) is 66.7 Å². The van der Waals surface area contributed by atoms with Gasteiger partial charge in [-0.15, -0.1) is 5.10 Å². The minimum absolute atomic E-state index is 0.220. The number of rotatable bonds is 5. The summed E-state index contributed by atoms with van der Waals surface area (Å²) < 4.78 is 26.1. The van der Waals surface area contributed by atoms with Crippen LogP contribution in [0.2, 0.25) is 0 Å². The average Bonchev–Trinajstić information content (AvgIpc) is 3.47. The van der Waals surface area contributed by atoms with Gasteiger partial charge in [0.25, 0.3) is 0 Å². The van der Waals surface area contributed by atoms with E-state index >= 15 is 0 Å². The fourth-order valence-corrected chi connectivity index (χ4v) is 4.10. The molecule has 3 aromatic carbocycles. The van der Waals surface area contributed by atoms with Crippen molar-refractivity contribution >= 4 is 22.8 Å². The van der Waals surface area contributed by atoms with Crippen LogP contribution in [0.4, 0.5) is 16.2 Å². The molecular weight excluding hydrogens is 447 g/mol. The van der Waals surface area contributed by atoms with Gasteiger partial charge in [-0.2, -0.15) is 4.98 Å². The van der Waals surface area contributed by atoms with E-state index in [0.29, 0.717) is 46.4 Å². The zero-order chi connectivity index (χ0) is 23.9. The Bertz CT molecular complexity index is 1560. The van der Waals surface area contributed by atoms with E-state index in [9.17, 15) is 4.39 Å². The molecule has 3 heterocycles. The first-order chi connectivity index (χ1) is 17.0. The summed E-state index contributed by atoms with van der Waals surface area (Å²) in [7, 11) is 0. The van der Waals surface area contributed by atoms with Crippen LogP contribution >= 0.6 is 0 Å². The molecule has 1 aliphatic rings. The van der Waals surface area contributed by atoms with Crippen LogP contribution in [-0.4, -0.2) is 26.5 Å². The molecule has 0 bridgehead atoms. The molecule has 0 radical (unpaired) electrons. The number of hydrogen-bond acceptors (Lipinski definition) is 7. The maximum atomic E-state index is 13.6. The molecule has 0 amide bonds. The van der Waals surface area contributed by atoms with Gasteiger partial charge in [-0.05, 0) is 66.6 Å². The fraction of sp³-hybridized carbons (Fsp3) is 0.115. The third-order valence-corrected chi connectivity index (χ3v) is 5.82. The summed E-state index contributed by atoms with van der Waals surface area (Å²) in [5, 5.41) is 8.54. The number of nitrogens with one attached hydrogen (secondary N) is 1. The predicted octanol–water partition coefficient (Wildman–Crippen LogP) is 4.85. The van der Waals surface area contributed by atoms with Gasteiger partial charge in [-0.1, -0.05) is 18.2 Å². The van der Waals surface area contributed by atoms with E-state index in [1.807, 2.05) is 49.4 Å². The zero-order valence-electron chi connectivity index (χ0n) is 18.8. The summed E-state index contributed by atoms with van der Waals surface area (Å²) in [6.07, 6.45) is 0. The van der Waals surface area contributed by atoms with Crippen LogP contribution in [0.5, 0.6) is 11.5 Å². The Morgan fingerprint density at radius 1 is 1.00 bits per heavy atom. The van der Waals surface area contributed by atoms with Crippen molar-refractivity contribution in [2.45, 2.75) is 13.5 Å². The Kier molecular flexibility index (Phi) is 4.95. The van der Waals surface area contributed by atoms with Crippen molar-refractivity contribution in [1.82, 2.24) is 19.7 Å². The molecule has 35 heavy (non-hydrogen) atoms. The highest BCUT2D eigenvalue weighted by atomic mass is 19.1. The van der Waals surface area contributed by atoms with E-state index in [-0.39, 0.29) is 12.6 Å². The summed E-state index contributed by atoms with van der Waals surface area (Å²) in [5.41, 5.74) is 11.1. The first-order valence-corrected chi connectivity index (χ1v) is 11.1. The highest BCUT2D eigenvalue weighted by Gasteiger charge is 2.20.